The highest BCUT2D eigenvalue weighted by molar-refractivity contribution is 7.11. The predicted octanol–water partition coefficient (Wildman–Crippen LogP) is 1.57. The van der Waals surface area contributed by atoms with Crippen LogP contribution >= 0.6 is 11.3 Å². The second-order valence-electron chi connectivity index (χ2n) is 4.56. The highest BCUT2D eigenvalue weighted by atomic mass is 32.1. The SMILES string of the molecule is Cc1ncc(CNCC(O)COCC(C)C)s1. The minimum absolute atomic E-state index is 0.396. The van der Waals surface area contributed by atoms with E-state index < -0.39 is 6.10 Å². The number of ether oxygens (including phenoxy) is 1. The molecule has 2 N–H and O–H groups in total. The first-order valence-electron chi connectivity index (χ1n) is 5.95. The summed E-state index contributed by atoms with van der Waals surface area (Å²) in [6.07, 6.45) is 1.43. The van der Waals surface area contributed by atoms with Crippen molar-refractivity contribution in [3.8, 4) is 0 Å². The molecule has 0 spiro atoms. The van der Waals surface area contributed by atoms with Crippen LogP contribution in [0.5, 0.6) is 0 Å². The summed E-state index contributed by atoms with van der Waals surface area (Å²) in [6.45, 7) is 8.58. The number of aliphatic hydroxyl groups is 1. The van der Waals surface area contributed by atoms with Crippen LogP contribution in [0.4, 0.5) is 0 Å². The van der Waals surface area contributed by atoms with Gasteiger partial charge in [-0.25, -0.2) is 4.98 Å². The molecule has 0 saturated heterocycles. The lowest BCUT2D eigenvalue weighted by molar-refractivity contribution is 0.0261. The highest BCUT2D eigenvalue weighted by Gasteiger charge is 2.05. The normalized spacial score (nSPS) is 13.2. The van der Waals surface area contributed by atoms with Gasteiger partial charge in [-0.05, 0) is 12.8 Å². The second-order valence-corrected chi connectivity index (χ2v) is 5.88. The van der Waals surface area contributed by atoms with Crippen LogP contribution in [-0.4, -0.2) is 36.0 Å². The molecule has 98 valence electrons. The molecule has 0 fully saturated rings. The Morgan fingerprint density at radius 3 is 2.82 bits per heavy atom. The van der Waals surface area contributed by atoms with Gasteiger partial charge in [-0.15, -0.1) is 11.3 Å². The van der Waals surface area contributed by atoms with Crippen LogP contribution < -0.4 is 5.32 Å². The second kappa shape index (κ2) is 7.76. The molecule has 0 saturated carbocycles. The molecule has 0 amide bonds. The van der Waals surface area contributed by atoms with Gasteiger partial charge in [0.15, 0.2) is 0 Å². The van der Waals surface area contributed by atoms with Crippen molar-refractivity contribution in [1.29, 1.82) is 0 Å². The molecule has 1 rings (SSSR count). The molecule has 0 aliphatic heterocycles. The van der Waals surface area contributed by atoms with E-state index in [1.807, 2.05) is 13.1 Å². The molecule has 0 aromatic carbocycles. The van der Waals surface area contributed by atoms with Gasteiger partial charge in [-0.1, -0.05) is 13.8 Å². The monoisotopic (exact) mass is 258 g/mol. The van der Waals surface area contributed by atoms with E-state index in [4.69, 9.17) is 4.74 Å². The van der Waals surface area contributed by atoms with E-state index in [9.17, 15) is 5.11 Å². The molecule has 1 aromatic rings. The molecule has 1 atom stereocenters. The van der Waals surface area contributed by atoms with Crippen molar-refractivity contribution in [3.63, 3.8) is 0 Å². The first-order chi connectivity index (χ1) is 8.08. The standard InChI is InChI=1S/C12H22N2O2S/c1-9(2)7-16-8-11(15)4-13-5-12-6-14-10(3)17-12/h6,9,11,13,15H,4-5,7-8H2,1-3H3. The Hall–Kier alpha value is -0.490. The molecule has 0 aliphatic carbocycles. The van der Waals surface area contributed by atoms with Crippen molar-refractivity contribution in [1.82, 2.24) is 10.3 Å². The van der Waals surface area contributed by atoms with Crippen LogP contribution in [0.1, 0.15) is 23.7 Å². The molecule has 17 heavy (non-hydrogen) atoms. The third kappa shape index (κ3) is 6.73. The quantitative estimate of drug-likeness (QED) is 0.743. The summed E-state index contributed by atoms with van der Waals surface area (Å²) in [5.41, 5.74) is 0. The fourth-order valence-electron chi connectivity index (χ4n) is 1.35. The van der Waals surface area contributed by atoms with Gasteiger partial charge < -0.3 is 15.2 Å². The number of hydrogen-bond acceptors (Lipinski definition) is 5. The Bertz CT molecular complexity index is 315. The average molecular weight is 258 g/mol. The Morgan fingerprint density at radius 1 is 1.47 bits per heavy atom. The lowest BCUT2D eigenvalue weighted by Crippen LogP contribution is -2.30. The Labute approximate surface area is 107 Å². The number of hydrogen-bond donors (Lipinski definition) is 2. The third-order valence-electron chi connectivity index (χ3n) is 2.11. The Balaban J connectivity index is 2.05. The van der Waals surface area contributed by atoms with Gasteiger partial charge in [0.25, 0.3) is 0 Å². The smallest absolute Gasteiger partial charge is 0.0897 e. The van der Waals surface area contributed by atoms with Crippen molar-refractivity contribution in [2.75, 3.05) is 19.8 Å². The molecule has 5 heteroatoms. The number of aryl methyl sites for hydroxylation is 1. The van der Waals surface area contributed by atoms with Crippen molar-refractivity contribution >= 4 is 11.3 Å². The zero-order valence-electron chi connectivity index (χ0n) is 10.8. The minimum atomic E-state index is -0.442. The van der Waals surface area contributed by atoms with Gasteiger partial charge >= 0.3 is 0 Å². The van der Waals surface area contributed by atoms with E-state index in [0.29, 0.717) is 25.7 Å². The maximum absolute atomic E-state index is 9.65. The molecule has 1 aromatic heterocycles. The number of thiazole rings is 1. The van der Waals surface area contributed by atoms with Gasteiger partial charge in [0, 0.05) is 30.8 Å². The van der Waals surface area contributed by atoms with Gasteiger partial charge in [-0.3, -0.25) is 0 Å². The Kier molecular flexibility index (Phi) is 6.65. The van der Waals surface area contributed by atoms with E-state index in [1.54, 1.807) is 11.3 Å². The predicted molar refractivity (Wildman–Crippen MR) is 70.2 cm³/mol. The zero-order valence-corrected chi connectivity index (χ0v) is 11.6. The topological polar surface area (TPSA) is 54.4 Å². The van der Waals surface area contributed by atoms with Crippen molar-refractivity contribution < 1.29 is 9.84 Å². The van der Waals surface area contributed by atoms with Crippen LogP contribution in [0.25, 0.3) is 0 Å². The van der Waals surface area contributed by atoms with Crippen molar-refractivity contribution in [3.05, 3.63) is 16.1 Å². The van der Waals surface area contributed by atoms with Gasteiger partial charge in [-0.2, -0.15) is 0 Å². The van der Waals surface area contributed by atoms with Crippen LogP contribution in [0.2, 0.25) is 0 Å². The highest BCUT2D eigenvalue weighted by Crippen LogP contribution is 2.10. The lowest BCUT2D eigenvalue weighted by Gasteiger charge is -2.13. The molecule has 0 aliphatic rings. The molecule has 0 bridgehead atoms. The molecule has 1 heterocycles. The van der Waals surface area contributed by atoms with E-state index >= 15 is 0 Å². The average Bonchev–Trinajstić information content (AvgIpc) is 2.63. The van der Waals surface area contributed by atoms with Crippen LogP contribution in [0.3, 0.4) is 0 Å². The van der Waals surface area contributed by atoms with Crippen molar-refractivity contribution in [2.45, 2.75) is 33.4 Å². The zero-order chi connectivity index (χ0) is 12.7. The van der Waals surface area contributed by atoms with Gasteiger partial charge in [0.1, 0.15) is 0 Å². The molecular weight excluding hydrogens is 236 g/mol. The minimum Gasteiger partial charge on any atom is -0.389 e. The summed E-state index contributed by atoms with van der Waals surface area (Å²) in [7, 11) is 0. The van der Waals surface area contributed by atoms with Crippen LogP contribution in [0.15, 0.2) is 6.20 Å². The summed E-state index contributed by atoms with van der Waals surface area (Å²) in [5.74, 6) is 0.510. The molecule has 4 nitrogen and oxygen atoms in total. The first kappa shape index (κ1) is 14.6. The van der Waals surface area contributed by atoms with Gasteiger partial charge in [0.2, 0.25) is 0 Å². The summed E-state index contributed by atoms with van der Waals surface area (Å²) < 4.78 is 5.36. The number of aromatic nitrogens is 1. The fraction of sp³-hybridized carbons (Fsp3) is 0.750. The maximum Gasteiger partial charge on any atom is 0.0897 e. The summed E-state index contributed by atoms with van der Waals surface area (Å²) in [5, 5.41) is 13.9. The number of aliphatic hydroxyl groups excluding tert-OH is 1. The third-order valence-corrected chi connectivity index (χ3v) is 3.02. The number of rotatable bonds is 8. The molecule has 0 radical (unpaired) electrons. The van der Waals surface area contributed by atoms with Crippen LogP contribution in [-0.2, 0) is 11.3 Å². The van der Waals surface area contributed by atoms with E-state index in [-0.39, 0.29) is 0 Å². The molecular formula is C12H22N2O2S. The van der Waals surface area contributed by atoms with Crippen molar-refractivity contribution in [2.24, 2.45) is 5.92 Å². The summed E-state index contributed by atoms with van der Waals surface area (Å²) >= 11 is 1.67. The molecule has 1 unspecified atom stereocenters. The maximum atomic E-state index is 9.65. The van der Waals surface area contributed by atoms with E-state index in [0.717, 1.165) is 11.6 Å². The van der Waals surface area contributed by atoms with Gasteiger partial charge in [0.05, 0.1) is 17.7 Å². The largest absolute Gasteiger partial charge is 0.389 e. The lowest BCUT2D eigenvalue weighted by atomic mass is 10.2. The van der Waals surface area contributed by atoms with Crippen LogP contribution in [0, 0.1) is 12.8 Å². The summed E-state index contributed by atoms with van der Waals surface area (Å²) in [6, 6.07) is 0. The summed E-state index contributed by atoms with van der Waals surface area (Å²) in [4.78, 5) is 5.37. The van der Waals surface area contributed by atoms with E-state index in [2.05, 4.69) is 24.1 Å². The Morgan fingerprint density at radius 2 is 2.24 bits per heavy atom. The number of nitrogens with zero attached hydrogens (tertiary/aromatic N) is 1. The van der Waals surface area contributed by atoms with E-state index in [1.165, 1.54) is 4.88 Å². The first-order valence-corrected chi connectivity index (χ1v) is 6.77. The fourth-order valence-corrected chi connectivity index (χ4v) is 2.11. The number of nitrogens with one attached hydrogen (secondary N) is 1.